The van der Waals surface area contributed by atoms with Crippen molar-refractivity contribution in [2.24, 2.45) is 23.2 Å². The highest BCUT2D eigenvalue weighted by molar-refractivity contribution is 5.64. The third-order valence-electron chi connectivity index (χ3n) is 8.07. The Morgan fingerprint density at radius 1 is 1.29 bits per heavy atom. The molecule has 0 spiro atoms. The first-order valence-electron chi connectivity index (χ1n) is 9.41. The molecule has 0 aromatic rings. The van der Waals surface area contributed by atoms with Gasteiger partial charge in [0.15, 0.2) is 5.60 Å². The van der Waals surface area contributed by atoms with Crippen LogP contribution in [0.4, 0.5) is 4.79 Å². The van der Waals surface area contributed by atoms with E-state index in [9.17, 15) is 9.90 Å². The fourth-order valence-electron chi connectivity index (χ4n) is 6.64. The zero-order valence-corrected chi connectivity index (χ0v) is 14.5. The van der Waals surface area contributed by atoms with Crippen molar-refractivity contribution in [3.8, 4) is 0 Å². The van der Waals surface area contributed by atoms with Crippen LogP contribution in [0.25, 0.3) is 0 Å². The fourth-order valence-corrected chi connectivity index (χ4v) is 6.64. The molecule has 1 aliphatic heterocycles. The Morgan fingerprint density at radius 2 is 2.12 bits per heavy atom. The van der Waals surface area contributed by atoms with Crippen molar-refractivity contribution in [1.29, 1.82) is 0 Å². The second-order valence-electron chi connectivity index (χ2n) is 8.83. The average Bonchev–Trinajstić information content (AvgIpc) is 2.94. The van der Waals surface area contributed by atoms with Crippen LogP contribution in [0.5, 0.6) is 0 Å². The van der Waals surface area contributed by atoms with Gasteiger partial charge < -0.3 is 14.6 Å². The van der Waals surface area contributed by atoms with Crippen molar-refractivity contribution in [3.63, 3.8) is 0 Å². The van der Waals surface area contributed by atoms with Gasteiger partial charge in [-0.2, -0.15) is 0 Å². The van der Waals surface area contributed by atoms with E-state index < -0.39 is 11.8 Å². The minimum absolute atomic E-state index is 0.0148. The average molecular weight is 330 g/mol. The Hall–Kier alpha value is -1.29. The molecule has 7 atom stereocenters. The zero-order valence-electron chi connectivity index (χ0n) is 14.5. The molecule has 5 rings (SSSR count). The van der Waals surface area contributed by atoms with E-state index in [1.54, 1.807) is 0 Å². The molecule has 4 unspecified atom stereocenters. The molecule has 0 aromatic heterocycles. The molecule has 3 saturated carbocycles. The van der Waals surface area contributed by atoms with Gasteiger partial charge in [0, 0.05) is 5.41 Å². The normalized spacial score (nSPS) is 52.1. The van der Waals surface area contributed by atoms with Gasteiger partial charge >= 0.3 is 6.16 Å². The largest absolute Gasteiger partial charge is 0.509 e. The predicted octanol–water partition coefficient (Wildman–Crippen LogP) is 3.74. The first kappa shape index (κ1) is 15.0. The van der Waals surface area contributed by atoms with Crippen LogP contribution in [0.3, 0.4) is 0 Å². The van der Waals surface area contributed by atoms with E-state index in [0.717, 1.165) is 32.1 Å². The molecular weight excluding hydrogens is 304 g/mol. The summed E-state index contributed by atoms with van der Waals surface area (Å²) >= 11 is 0. The Morgan fingerprint density at radius 3 is 2.96 bits per heavy atom. The molecule has 4 nitrogen and oxygen atoms in total. The minimum atomic E-state index is -0.484. The number of carbonyl (C=O) groups excluding carboxylic acids is 1. The van der Waals surface area contributed by atoms with E-state index in [4.69, 9.17) is 9.47 Å². The Kier molecular flexibility index (Phi) is 2.91. The van der Waals surface area contributed by atoms with Gasteiger partial charge in [0.1, 0.15) is 6.10 Å². The maximum atomic E-state index is 11.7. The smallest absolute Gasteiger partial charge is 0.427 e. The number of aliphatic hydroxyl groups excluding tert-OH is 1. The van der Waals surface area contributed by atoms with Gasteiger partial charge in [-0.3, -0.25) is 0 Å². The van der Waals surface area contributed by atoms with E-state index in [1.165, 1.54) is 17.6 Å². The topological polar surface area (TPSA) is 55.8 Å². The summed E-state index contributed by atoms with van der Waals surface area (Å²) in [5, 5.41) is 9.92. The molecule has 5 aliphatic rings. The molecule has 0 aromatic carbocycles. The van der Waals surface area contributed by atoms with Crippen LogP contribution in [-0.4, -0.2) is 29.1 Å². The molecule has 24 heavy (non-hydrogen) atoms. The Labute approximate surface area is 142 Å². The maximum absolute atomic E-state index is 11.7. The molecular formula is C20H26O4. The number of fused-ring (bicyclic) bond motifs is 7. The number of carbonyl (C=O) groups is 1. The second kappa shape index (κ2) is 4.66. The van der Waals surface area contributed by atoms with Crippen molar-refractivity contribution in [3.05, 3.63) is 23.3 Å². The molecule has 130 valence electrons. The summed E-state index contributed by atoms with van der Waals surface area (Å²) in [5.74, 6) is 1.80. The maximum Gasteiger partial charge on any atom is 0.509 e. The Bertz CT molecular complexity index is 665. The molecule has 0 amide bonds. The van der Waals surface area contributed by atoms with Crippen LogP contribution >= 0.6 is 0 Å². The molecule has 1 heterocycles. The first-order valence-corrected chi connectivity index (χ1v) is 9.41. The van der Waals surface area contributed by atoms with E-state index in [2.05, 4.69) is 26.0 Å². The third kappa shape index (κ3) is 1.70. The molecule has 1 saturated heterocycles. The van der Waals surface area contributed by atoms with Crippen LogP contribution in [0.15, 0.2) is 23.3 Å². The van der Waals surface area contributed by atoms with E-state index in [1.807, 2.05) is 0 Å². The van der Waals surface area contributed by atoms with E-state index >= 15 is 0 Å². The molecule has 1 N–H and O–H groups in total. The highest BCUT2D eigenvalue weighted by Gasteiger charge is 2.70. The van der Waals surface area contributed by atoms with Crippen molar-refractivity contribution in [2.45, 2.75) is 70.2 Å². The highest BCUT2D eigenvalue weighted by atomic mass is 16.8. The number of rotatable bonds is 0. The lowest BCUT2D eigenvalue weighted by molar-refractivity contribution is -0.0874. The lowest BCUT2D eigenvalue weighted by Crippen LogP contribution is -2.52. The summed E-state index contributed by atoms with van der Waals surface area (Å²) in [5.41, 5.74) is 2.43. The minimum Gasteiger partial charge on any atom is -0.427 e. The van der Waals surface area contributed by atoms with Crippen LogP contribution in [-0.2, 0) is 9.47 Å². The fraction of sp³-hybridized carbons (Fsp3) is 0.750. The molecule has 4 fully saturated rings. The van der Waals surface area contributed by atoms with Gasteiger partial charge in [-0.1, -0.05) is 19.1 Å². The van der Waals surface area contributed by atoms with Gasteiger partial charge in [-0.25, -0.2) is 4.79 Å². The van der Waals surface area contributed by atoms with Gasteiger partial charge in [-0.15, -0.1) is 0 Å². The van der Waals surface area contributed by atoms with Crippen LogP contribution in [0.2, 0.25) is 0 Å². The van der Waals surface area contributed by atoms with E-state index in [0.29, 0.717) is 17.8 Å². The lowest BCUT2D eigenvalue weighted by atomic mass is 9.52. The van der Waals surface area contributed by atoms with Crippen molar-refractivity contribution in [2.75, 3.05) is 0 Å². The van der Waals surface area contributed by atoms with Crippen molar-refractivity contribution < 1.29 is 19.4 Å². The second-order valence-corrected chi connectivity index (χ2v) is 8.83. The summed E-state index contributed by atoms with van der Waals surface area (Å²) in [6, 6.07) is 0. The van der Waals surface area contributed by atoms with Crippen molar-refractivity contribution in [1.82, 2.24) is 0 Å². The molecule has 0 bridgehead atoms. The zero-order chi connectivity index (χ0) is 16.7. The number of hydrogen-bond acceptors (Lipinski definition) is 4. The summed E-state index contributed by atoms with van der Waals surface area (Å²) in [4.78, 5) is 11.7. The quantitative estimate of drug-likeness (QED) is 0.687. The molecule has 4 aliphatic carbocycles. The van der Waals surface area contributed by atoms with Crippen molar-refractivity contribution >= 4 is 6.16 Å². The third-order valence-corrected chi connectivity index (χ3v) is 8.07. The van der Waals surface area contributed by atoms with Gasteiger partial charge in [-0.05, 0) is 74.3 Å². The number of allylic oxidation sites excluding steroid dienone is 2. The first-order chi connectivity index (χ1) is 11.4. The highest BCUT2D eigenvalue weighted by Crippen LogP contribution is 2.66. The van der Waals surface area contributed by atoms with Gasteiger partial charge in [0.25, 0.3) is 0 Å². The van der Waals surface area contributed by atoms with Crippen LogP contribution < -0.4 is 0 Å². The summed E-state index contributed by atoms with van der Waals surface area (Å²) in [6.07, 6.45) is 9.66. The molecule has 4 heteroatoms. The predicted molar refractivity (Wildman–Crippen MR) is 88.2 cm³/mol. The summed E-state index contributed by atoms with van der Waals surface area (Å²) in [6.45, 7) is 4.41. The number of aliphatic hydroxyl groups is 1. The standard InChI is InChI=1S/C20H26O4/c1-19-8-7-14-13-6-4-12(21)9-11(13)3-5-15(14)16(19)10-17-20(19,2)24-18(22)23-17/h6,9,12,14-17,21H,3-5,7-8,10H2,1-2H3/t12?,14?,15?,16?,17-,19+,20+/m1/s1. The summed E-state index contributed by atoms with van der Waals surface area (Å²) < 4.78 is 11.3. The monoisotopic (exact) mass is 330 g/mol. The molecule has 0 radical (unpaired) electrons. The number of hydrogen-bond donors (Lipinski definition) is 1. The van der Waals surface area contributed by atoms with E-state index in [-0.39, 0.29) is 17.6 Å². The lowest BCUT2D eigenvalue weighted by Gasteiger charge is -2.53. The van der Waals surface area contributed by atoms with Gasteiger partial charge in [0.2, 0.25) is 0 Å². The van der Waals surface area contributed by atoms with Crippen LogP contribution in [0, 0.1) is 23.2 Å². The Balaban J connectivity index is 1.49. The SMILES string of the molecule is C[C@]12CCC3C4=CCC(O)C=C4CCC3C1C[C@H]1OC(=O)O[C@@]12C. The summed E-state index contributed by atoms with van der Waals surface area (Å²) in [7, 11) is 0. The van der Waals surface area contributed by atoms with Gasteiger partial charge in [0.05, 0.1) is 6.10 Å². The number of ether oxygens (including phenoxy) is 2. The van der Waals surface area contributed by atoms with Crippen LogP contribution in [0.1, 0.15) is 52.4 Å².